The van der Waals surface area contributed by atoms with Crippen LogP contribution in [0.25, 0.3) is 0 Å². The highest BCUT2D eigenvalue weighted by atomic mass is 16.3. The molecule has 0 amide bonds. The second-order valence-electron chi connectivity index (χ2n) is 4.01. The first kappa shape index (κ1) is 11.9. The van der Waals surface area contributed by atoms with E-state index in [1.807, 2.05) is 26.0 Å². The number of aromatic nitrogens is 1. The van der Waals surface area contributed by atoms with Gasteiger partial charge in [0.1, 0.15) is 0 Å². The molecule has 0 spiro atoms. The van der Waals surface area contributed by atoms with E-state index in [-0.39, 0.29) is 0 Å². The van der Waals surface area contributed by atoms with Crippen LogP contribution in [-0.4, -0.2) is 10.1 Å². The van der Waals surface area contributed by atoms with Gasteiger partial charge in [-0.3, -0.25) is 4.98 Å². The number of nitrogens with zero attached hydrogens (tertiary/aromatic N) is 1. The molecule has 1 N–H and O–H groups in total. The lowest BCUT2D eigenvalue weighted by molar-refractivity contribution is 0.177. The fraction of sp³-hybridized carbons (Fsp3) is 0.462. The number of aliphatic hydroxyl groups excluding tert-OH is 1. The maximum Gasteiger partial charge on any atom is 0.0828 e. The van der Waals surface area contributed by atoms with E-state index in [4.69, 9.17) is 0 Å². The van der Waals surface area contributed by atoms with Crippen LogP contribution in [0.2, 0.25) is 0 Å². The summed E-state index contributed by atoms with van der Waals surface area (Å²) >= 11 is 0. The van der Waals surface area contributed by atoms with Gasteiger partial charge in [-0.1, -0.05) is 19.1 Å². The van der Waals surface area contributed by atoms with E-state index in [0.29, 0.717) is 6.42 Å². The Morgan fingerprint density at radius 3 is 2.40 bits per heavy atom. The molecule has 1 atom stereocenters. The zero-order valence-electron chi connectivity index (χ0n) is 9.75. The molecule has 1 unspecified atom stereocenters. The molecule has 0 fully saturated rings. The molecule has 2 nitrogen and oxygen atoms in total. The van der Waals surface area contributed by atoms with Gasteiger partial charge in [0.15, 0.2) is 0 Å². The Hall–Kier alpha value is -1.15. The summed E-state index contributed by atoms with van der Waals surface area (Å²) in [4.78, 5) is 4.28. The van der Waals surface area contributed by atoms with Gasteiger partial charge in [0.2, 0.25) is 0 Å². The molecule has 0 aliphatic heterocycles. The minimum absolute atomic E-state index is 0.446. The summed E-state index contributed by atoms with van der Waals surface area (Å²) in [5, 5.41) is 9.98. The smallest absolute Gasteiger partial charge is 0.0828 e. The molecule has 1 aromatic rings. The SMILES string of the molecule is C=C(CC)CC(O)c1cc(C)nc(C)c1. The Bertz CT molecular complexity index is 337. The third-order valence-electron chi connectivity index (χ3n) is 2.47. The highest BCUT2D eigenvalue weighted by Gasteiger charge is 2.09. The molecule has 0 aliphatic rings. The summed E-state index contributed by atoms with van der Waals surface area (Å²) in [6.45, 7) is 9.85. The van der Waals surface area contributed by atoms with Crippen LogP contribution >= 0.6 is 0 Å². The van der Waals surface area contributed by atoms with Crippen molar-refractivity contribution in [1.82, 2.24) is 4.98 Å². The van der Waals surface area contributed by atoms with Crippen molar-refractivity contribution in [2.75, 3.05) is 0 Å². The molecule has 0 radical (unpaired) electrons. The van der Waals surface area contributed by atoms with Crippen molar-refractivity contribution in [2.24, 2.45) is 0 Å². The second kappa shape index (κ2) is 5.08. The molecule has 0 aromatic carbocycles. The summed E-state index contributed by atoms with van der Waals surface area (Å²) in [6.07, 6.45) is 1.11. The normalized spacial score (nSPS) is 12.5. The van der Waals surface area contributed by atoms with E-state index < -0.39 is 6.10 Å². The first-order valence-corrected chi connectivity index (χ1v) is 5.32. The van der Waals surface area contributed by atoms with Gasteiger partial charge in [0.05, 0.1) is 6.10 Å². The molecule has 1 aromatic heterocycles. The fourth-order valence-corrected chi connectivity index (χ4v) is 1.59. The number of hydrogen-bond acceptors (Lipinski definition) is 2. The van der Waals surface area contributed by atoms with Gasteiger partial charge in [-0.2, -0.15) is 0 Å². The van der Waals surface area contributed by atoms with Crippen LogP contribution in [0.1, 0.15) is 42.8 Å². The first-order chi connectivity index (χ1) is 7.02. The van der Waals surface area contributed by atoms with Gasteiger partial charge in [-0.05, 0) is 44.4 Å². The van der Waals surface area contributed by atoms with Crippen molar-refractivity contribution in [3.8, 4) is 0 Å². The number of hydrogen-bond donors (Lipinski definition) is 1. The second-order valence-corrected chi connectivity index (χ2v) is 4.01. The molecule has 0 bridgehead atoms. The minimum Gasteiger partial charge on any atom is -0.388 e. The molecule has 82 valence electrons. The van der Waals surface area contributed by atoms with Gasteiger partial charge < -0.3 is 5.11 Å². The Kier molecular flexibility index (Phi) is 4.04. The van der Waals surface area contributed by atoms with Crippen LogP contribution in [-0.2, 0) is 0 Å². The monoisotopic (exact) mass is 205 g/mol. The summed E-state index contributed by atoms with van der Waals surface area (Å²) in [5.74, 6) is 0. The van der Waals surface area contributed by atoms with E-state index >= 15 is 0 Å². The minimum atomic E-state index is -0.446. The Morgan fingerprint density at radius 1 is 1.40 bits per heavy atom. The van der Waals surface area contributed by atoms with E-state index in [1.54, 1.807) is 0 Å². The molecule has 1 rings (SSSR count). The first-order valence-electron chi connectivity index (χ1n) is 5.32. The largest absolute Gasteiger partial charge is 0.388 e. The molecule has 2 heteroatoms. The van der Waals surface area contributed by atoms with Crippen molar-refractivity contribution in [3.63, 3.8) is 0 Å². The van der Waals surface area contributed by atoms with Crippen LogP contribution in [0.15, 0.2) is 24.3 Å². The molecule has 15 heavy (non-hydrogen) atoms. The lowest BCUT2D eigenvalue weighted by Gasteiger charge is -2.13. The summed E-state index contributed by atoms with van der Waals surface area (Å²) in [6, 6.07) is 3.86. The van der Waals surface area contributed by atoms with Crippen molar-refractivity contribution >= 4 is 0 Å². The molecule has 0 saturated heterocycles. The van der Waals surface area contributed by atoms with Crippen LogP contribution in [0.4, 0.5) is 0 Å². The Balaban J connectivity index is 2.81. The maximum atomic E-state index is 9.98. The topological polar surface area (TPSA) is 33.1 Å². The zero-order chi connectivity index (χ0) is 11.4. The van der Waals surface area contributed by atoms with E-state index in [1.165, 1.54) is 0 Å². The number of aliphatic hydroxyl groups is 1. The highest BCUT2D eigenvalue weighted by molar-refractivity contribution is 5.23. The Morgan fingerprint density at radius 2 is 1.93 bits per heavy atom. The third kappa shape index (κ3) is 3.48. The molecule has 0 saturated carbocycles. The van der Waals surface area contributed by atoms with Crippen LogP contribution in [0.5, 0.6) is 0 Å². The molecule has 0 aliphatic carbocycles. The summed E-state index contributed by atoms with van der Waals surface area (Å²) < 4.78 is 0. The van der Waals surface area contributed by atoms with Gasteiger partial charge in [-0.15, -0.1) is 0 Å². The molecular weight excluding hydrogens is 186 g/mol. The maximum absolute atomic E-state index is 9.98. The van der Waals surface area contributed by atoms with Gasteiger partial charge in [0.25, 0.3) is 0 Å². The quantitative estimate of drug-likeness (QED) is 0.766. The van der Waals surface area contributed by atoms with Crippen molar-refractivity contribution in [3.05, 3.63) is 41.2 Å². The number of pyridine rings is 1. The number of rotatable bonds is 4. The average molecular weight is 205 g/mol. The van der Waals surface area contributed by atoms with E-state index in [0.717, 1.165) is 28.9 Å². The van der Waals surface area contributed by atoms with Gasteiger partial charge in [0, 0.05) is 11.4 Å². The van der Waals surface area contributed by atoms with E-state index in [9.17, 15) is 5.11 Å². The van der Waals surface area contributed by atoms with Crippen LogP contribution in [0.3, 0.4) is 0 Å². The lowest BCUT2D eigenvalue weighted by atomic mass is 10.0. The standard InChI is InChI=1S/C13H19NO/c1-5-9(2)6-13(15)12-7-10(3)14-11(4)8-12/h7-8,13,15H,2,5-6H2,1,3-4H3. The third-order valence-corrected chi connectivity index (χ3v) is 2.47. The lowest BCUT2D eigenvalue weighted by Crippen LogP contribution is -2.01. The van der Waals surface area contributed by atoms with Crippen molar-refractivity contribution < 1.29 is 5.11 Å². The van der Waals surface area contributed by atoms with E-state index in [2.05, 4.69) is 18.5 Å². The van der Waals surface area contributed by atoms with Crippen molar-refractivity contribution in [1.29, 1.82) is 0 Å². The molecular formula is C13H19NO. The highest BCUT2D eigenvalue weighted by Crippen LogP contribution is 2.22. The fourth-order valence-electron chi connectivity index (χ4n) is 1.59. The van der Waals surface area contributed by atoms with Crippen LogP contribution in [0, 0.1) is 13.8 Å². The summed E-state index contributed by atoms with van der Waals surface area (Å²) in [7, 11) is 0. The predicted molar refractivity (Wildman–Crippen MR) is 62.7 cm³/mol. The van der Waals surface area contributed by atoms with Crippen molar-refractivity contribution in [2.45, 2.75) is 39.7 Å². The van der Waals surface area contributed by atoms with Crippen LogP contribution < -0.4 is 0 Å². The zero-order valence-corrected chi connectivity index (χ0v) is 9.75. The van der Waals surface area contributed by atoms with Gasteiger partial charge in [-0.25, -0.2) is 0 Å². The molecule has 1 heterocycles. The number of aryl methyl sites for hydroxylation is 2. The predicted octanol–water partition coefficient (Wildman–Crippen LogP) is 3.09. The van der Waals surface area contributed by atoms with Gasteiger partial charge >= 0.3 is 0 Å². The Labute approximate surface area is 91.7 Å². The summed E-state index contributed by atoms with van der Waals surface area (Å²) in [5.41, 5.74) is 3.92. The average Bonchev–Trinajstić information content (AvgIpc) is 2.16.